The van der Waals surface area contributed by atoms with E-state index in [4.69, 9.17) is 0 Å². The first kappa shape index (κ1) is 12.7. The Balaban J connectivity index is 2.08. The van der Waals surface area contributed by atoms with Crippen LogP contribution < -0.4 is 10.0 Å². The normalized spacial score (nSPS) is 15.9. The third kappa shape index (κ3) is 2.25. The van der Waals surface area contributed by atoms with Gasteiger partial charge in [-0.3, -0.25) is 0 Å². The maximum Gasteiger partial charge on any atom is 0.333 e. The molecule has 6 heteroatoms. The van der Waals surface area contributed by atoms with Crippen LogP contribution in [0.25, 0.3) is 0 Å². The zero-order valence-electron chi connectivity index (χ0n) is 10.5. The molecule has 2 aromatic carbocycles. The van der Waals surface area contributed by atoms with Crippen LogP contribution in [0, 0.1) is 0 Å². The van der Waals surface area contributed by atoms with E-state index in [9.17, 15) is 13.2 Å². The number of rotatable bonds is 2. The van der Waals surface area contributed by atoms with Gasteiger partial charge in [0.15, 0.2) is 0 Å². The van der Waals surface area contributed by atoms with E-state index in [-0.39, 0.29) is 4.90 Å². The van der Waals surface area contributed by atoms with Gasteiger partial charge in [0, 0.05) is 0 Å². The zero-order valence-corrected chi connectivity index (χ0v) is 11.3. The number of carbonyl (C=O) groups is 1. The van der Waals surface area contributed by atoms with Gasteiger partial charge in [-0.15, -0.1) is 0 Å². The fraction of sp³-hybridized carbons (Fsp3) is 0.0714. The Morgan fingerprint density at radius 1 is 0.950 bits per heavy atom. The van der Waals surface area contributed by atoms with E-state index in [1.54, 1.807) is 6.07 Å². The molecule has 20 heavy (non-hydrogen) atoms. The lowest BCUT2D eigenvalue weighted by molar-refractivity contribution is 0.256. The molecule has 2 aromatic rings. The van der Waals surface area contributed by atoms with Gasteiger partial charge in [0.25, 0.3) is 10.0 Å². The minimum absolute atomic E-state index is 0.102. The number of amides is 2. The maximum absolute atomic E-state index is 11.9. The number of hydrogen-bond donors (Lipinski definition) is 2. The van der Waals surface area contributed by atoms with Crippen LogP contribution in [0.1, 0.15) is 11.1 Å². The summed E-state index contributed by atoms with van der Waals surface area (Å²) in [5.74, 6) is 0. The Labute approximate surface area is 116 Å². The molecule has 2 N–H and O–H groups in total. The molecule has 0 atom stereocenters. The average Bonchev–Trinajstić information content (AvgIpc) is 2.40. The smallest absolute Gasteiger partial charge is 0.306 e. The second kappa shape index (κ2) is 4.64. The minimum Gasteiger partial charge on any atom is -0.306 e. The second-order valence-corrected chi connectivity index (χ2v) is 6.16. The molecule has 0 saturated carbocycles. The number of carbonyl (C=O) groups excluding carboxylic acids is 1. The lowest BCUT2D eigenvalue weighted by Gasteiger charge is -2.21. The molecule has 1 aliphatic heterocycles. The predicted octanol–water partition coefficient (Wildman–Crippen LogP) is 2.10. The van der Waals surface area contributed by atoms with E-state index in [0.29, 0.717) is 12.1 Å². The van der Waals surface area contributed by atoms with E-state index in [2.05, 4.69) is 5.32 Å². The van der Waals surface area contributed by atoms with E-state index >= 15 is 0 Å². The van der Waals surface area contributed by atoms with Crippen LogP contribution in [0.2, 0.25) is 0 Å². The number of sulfonamides is 1. The first-order chi connectivity index (χ1) is 9.56. The number of para-hydroxylation sites is 1. The molecular formula is C14H12N2O3S. The topological polar surface area (TPSA) is 75.3 Å². The van der Waals surface area contributed by atoms with Crippen molar-refractivity contribution in [1.82, 2.24) is 4.72 Å². The van der Waals surface area contributed by atoms with Crippen molar-refractivity contribution in [2.45, 2.75) is 11.3 Å². The van der Waals surface area contributed by atoms with E-state index in [1.807, 2.05) is 41.1 Å². The van der Waals surface area contributed by atoms with Crippen molar-refractivity contribution in [3.05, 3.63) is 59.7 Å². The Hall–Kier alpha value is -2.34. The van der Waals surface area contributed by atoms with E-state index < -0.39 is 16.1 Å². The third-order valence-corrected chi connectivity index (χ3v) is 4.48. The SMILES string of the molecule is O=C1Nc2c(Cc3ccccc3)cccc2S(=O)(=O)N1. The highest BCUT2D eigenvalue weighted by Crippen LogP contribution is 2.29. The van der Waals surface area contributed by atoms with Crippen LogP contribution in [0.4, 0.5) is 10.5 Å². The van der Waals surface area contributed by atoms with Gasteiger partial charge in [0.1, 0.15) is 4.90 Å². The number of benzene rings is 2. The summed E-state index contributed by atoms with van der Waals surface area (Å²) in [6.07, 6.45) is 0.555. The fourth-order valence-electron chi connectivity index (χ4n) is 2.22. The van der Waals surface area contributed by atoms with Crippen molar-refractivity contribution in [1.29, 1.82) is 0 Å². The molecule has 0 spiro atoms. The van der Waals surface area contributed by atoms with Crippen molar-refractivity contribution in [3.8, 4) is 0 Å². The Morgan fingerprint density at radius 3 is 2.45 bits per heavy atom. The quantitative estimate of drug-likeness (QED) is 0.888. The first-order valence-corrected chi connectivity index (χ1v) is 7.54. The summed E-state index contributed by atoms with van der Waals surface area (Å²) in [4.78, 5) is 11.5. The number of hydrogen-bond acceptors (Lipinski definition) is 3. The van der Waals surface area contributed by atoms with Crippen molar-refractivity contribution in [3.63, 3.8) is 0 Å². The molecule has 1 aliphatic rings. The fourth-order valence-corrected chi connectivity index (χ4v) is 3.34. The Morgan fingerprint density at radius 2 is 1.70 bits per heavy atom. The van der Waals surface area contributed by atoms with Gasteiger partial charge in [-0.25, -0.2) is 17.9 Å². The van der Waals surface area contributed by atoms with Crippen molar-refractivity contribution in [2.75, 3.05) is 5.32 Å². The van der Waals surface area contributed by atoms with Crippen LogP contribution in [-0.2, 0) is 16.4 Å². The van der Waals surface area contributed by atoms with Gasteiger partial charge in [-0.05, 0) is 23.6 Å². The van der Waals surface area contributed by atoms with Gasteiger partial charge < -0.3 is 5.32 Å². The lowest BCUT2D eigenvalue weighted by atomic mass is 10.0. The average molecular weight is 288 g/mol. The maximum atomic E-state index is 11.9. The summed E-state index contributed by atoms with van der Waals surface area (Å²) < 4.78 is 25.8. The summed E-state index contributed by atoms with van der Waals surface area (Å²) in [6, 6.07) is 13.9. The predicted molar refractivity (Wildman–Crippen MR) is 75.0 cm³/mol. The van der Waals surface area contributed by atoms with Gasteiger partial charge in [-0.1, -0.05) is 42.5 Å². The summed E-state index contributed by atoms with van der Waals surface area (Å²) in [5.41, 5.74) is 2.18. The molecule has 1 heterocycles. The molecule has 102 valence electrons. The molecular weight excluding hydrogens is 276 g/mol. The monoisotopic (exact) mass is 288 g/mol. The summed E-state index contributed by atoms with van der Waals surface area (Å²) in [6.45, 7) is 0. The molecule has 3 rings (SSSR count). The molecule has 0 saturated heterocycles. The molecule has 0 unspecified atom stereocenters. The van der Waals surface area contributed by atoms with Crippen molar-refractivity contribution < 1.29 is 13.2 Å². The van der Waals surface area contributed by atoms with Gasteiger partial charge >= 0.3 is 6.03 Å². The molecule has 0 bridgehead atoms. The van der Waals surface area contributed by atoms with Crippen LogP contribution in [0.3, 0.4) is 0 Å². The van der Waals surface area contributed by atoms with E-state index in [1.165, 1.54) is 6.07 Å². The number of fused-ring (bicyclic) bond motifs is 1. The van der Waals surface area contributed by atoms with Crippen LogP contribution in [-0.4, -0.2) is 14.4 Å². The van der Waals surface area contributed by atoms with Crippen LogP contribution in [0.5, 0.6) is 0 Å². The molecule has 0 aliphatic carbocycles. The standard InChI is InChI=1S/C14H12N2O3S/c17-14-15-13-11(9-10-5-2-1-3-6-10)7-4-8-12(13)20(18,19)16-14/h1-8H,9H2,(H2,15,16,17). The molecule has 0 aromatic heterocycles. The highest BCUT2D eigenvalue weighted by atomic mass is 32.2. The molecule has 5 nitrogen and oxygen atoms in total. The van der Waals surface area contributed by atoms with Crippen LogP contribution >= 0.6 is 0 Å². The number of nitrogens with one attached hydrogen (secondary N) is 2. The third-order valence-electron chi connectivity index (χ3n) is 3.11. The number of anilines is 1. The van der Waals surface area contributed by atoms with Crippen LogP contribution in [0.15, 0.2) is 53.4 Å². The summed E-state index contributed by atoms with van der Waals surface area (Å²) >= 11 is 0. The van der Waals surface area contributed by atoms with Gasteiger partial charge in [0.2, 0.25) is 0 Å². The first-order valence-electron chi connectivity index (χ1n) is 6.06. The highest BCUT2D eigenvalue weighted by Gasteiger charge is 2.29. The Bertz CT molecular complexity index is 770. The molecule has 0 radical (unpaired) electrons. The lowest BCUT2D eigenvalue weighted by Crippen LogP contribution is -2.39. The zero-order chi connectivity index (χ0) is 14.2. The summed E-state index contributed by atoms with van der Waals surface area (Å²) in [7, 11) is -3.77. The molecule has 2 amide bonds. The minimum atomic E-state index is -3.77. The summed E-state index contributed by atoms with van der Waals surface area (Å²) in [5, 5.41) is 2.58. The highest BCUT2D eigenvalue weighted by molar-refractivity contribution is 7.90. The van der Waals surface area contributed by atoms with Gasteiger partial charge in [0.05, 0.1) is 5.69 Å². The Kier molecular flexibility index (Phi) is 2.94. The number of urea groups is 1. The van der Waals surface area contributed by atoms with Crippen molar-refractivity contribution in [2.24, 2.45) is 0 Å². The largest absolute Gasteiger partial charge is 0.333 e. The van der Waals surface area contributed by atoms with E-state index in [0.717, 1.165) is 11.1 Å². The van der Waals surface area contributed by atoms with Gasteiger partial charge in [-0.2, -0.15) is 0 Å². The second-order valence-electron chi connectivity index (χ2n) is 4.51. The molecule has 0 fully saturated rings. The van der Waals surface area contributed by atoms with Crippen molar-refractivity contribution >= 4 is 21.7 Å².